The van der Waals surface area contributed by atoms with E-state index in [1.54, 1.807) is 0 Å². The first-order chi connectivity index (χ1) is 18.6. The van der Waals surface area contributed by atoms with Crippen molar-refractivity contribution < 1.29 is 4.74 Å². The molecule has 1 fully saturated rings. The first-order valence-electron chi connectivity index (χ1n) is 15.0. The van der Waals surface area contributed by atoms with E-state index in [0.29, 0.717) is 6.04 Å². The minimum Gasteiger partial charge on any atom is -0.456 e. The summed E-state index contributed by atoms with van der Waals surface area (Å²) in [5.74, 6) is 2.02. The fourth-order valence-electron chi connectivity index (χ4n) is 7.49. The predicted octanol–water partition coefficient (Wildman–Crippen LogP) is 7.92. The molecule has 0 saturated heterocycles. The van der Waals surface area contributed by atoms with E-state index in [9.17, 15) is 0 Å². The van der Waals surface area contributed by atoms with Crippen LogP contribution in [-0.4, -0.2) is 37.1 Å². The minimum absolute atomic E-state index is 0.328. The molecule has 1 spiro atoms. The second kappa shape index (κ2) is 10.3. The van der Waals surface area contributed by atoms with E-state index in [4.69, 9.17) is 4.74 Å². The van der Waals surface area contributed by atoms with Crippen molar-refractivity contribution >= 4 is 11.4 Å². The molecule has 38 heavy (non-hydrogen) atoms. The summed E-state index contributed by atoms with van der Waals surface area (Å²) >= 11 is 0. The normalized spacial score (nSPS) is 18.0. The van der Waals surface area contributed by atoms with Gasteiger partial charge in [-0.3, -0.25) is 4.90 Å². The SMILES string of the molecule is CCN(CC)c1ccc2c(c1)Oc1cc(N(CC)CC)ccc1C21c2ccccc2CN1C1CCCCC1. The molecular weight excluding hydrogens is 466 g/mol. The summed E-state index contributed by atoms with van der Waals surface area (Å²) in [6, 6.07) is 23.8. The van der Waals surface area contributed by atoms with Gasteiger partial charge >= 0.3 is 0 Å². The average Bonchev–Trinajstić information content (AvgIpc) is 3.30. The van der Waals surface area contributed by atoms with E-state index in [1.807, 2.05) is 0 Å². The van der Waals surface area contributed by atoms with Gasteiger partial charge in [0.25, 0.3) is 0 Å². The Bertz CT molecular complexity index is 1230. The predicted molar refractivity (Wildman–Crippen MR) is 159 cm³/mol. The third kappa shape index (κ3) is 3.83. The summed E-state index contributed by atoms with van der Waals surface area (Å²) < 4.78 is 6.89. The van der Waals surface area contributed by atoms with Gasteiger partial charge in [0.15, 0.2) is 0 Å². The molecule has 6 rings (SSSR count). The summed E-state index contributed by atoms with van der Waals surface area (Å²) in [6.45, 7) is 13.9. The summed E-state index contributed by atoms with van der Waals surface area (Å²) in [4.78, 5) is 7.69. The summed E-state index contributed by atoms with van der Waals surface area (Å²) in [5, 5.41) is 0. The molecule has 0 atom stereocenters. The van der Waals surface area contributed by atoms with Crippen molar-refractivity contribution in [3.05, 3.63) is 82.9 Å². The molecule has 2 aliphatic heterocycles. The zero-order valence-corrected chi connectivity index (χ0v) is 23.7. The van der Waals surface area contributed by atoms with E-state index in [0.717, 1.165) is 44.2 Å². The Kier molecular flexibility index (Phi) is 6.86. The van der Waals surface area contributed by atoms with E-state index < -0.39 is 0 Å². The van der Waals surface area contributed by atoms with Crippen molar-refractivity contribution in [3.63, 3.8) is 0 Å². The van der Waals surface area contributed by atoms with Crippen LogP contribution in [0.3, 0.4) is 0 Å². The molecule has 1 aliphatic carbocycles. The lowest BCUT2D eigenvalue weighted by Gasteiger charge is -2.48. The largest absolute Gasteiger partial charge is 0.456 e. The number of rotatable bonds is 7. The molecule has 200 valence electrons. The van der Waals surface area contributed by atoms with Crippen LogP contribution in [0.25, 0.3) is 0 Å². The maximum atomic E-state index is 6.89. The third-order valence-corrected chi connectivity index (χ3v) is 9.38. The third-order valence-electron chi connectivity index (χ3n) is 9.38. The number of fused-ring (bicyclic) bond motifs is 6. The Labute approximate surface area is 229 Å². The highest BCUT2D eigenvalue weighted by molar-refractivity contribution is 5.70. The fraction of sp³-hybridized carbons (Fsp3) is 0.471. The van der Waals surface area contributed by atoms with Crippen LogP contribution >= 0.6 is 0 Å². The molecule has 3 aliphatic rings. The van der Waals surface area contributed by atoms with Crippen molar-refractivity contribution in [2.75, 3.05) is 36.0 Å². The molecule has 2 heterocycles. The number of anilines is 2. The Hall–Kier alpha value is -2.98. The van der Waals surface area contributed by atoms with Crippen molar-refractivity contribution in [3.8, 4) is 11.5 Å². The van der Waals surface area contributed by atoms with Crippen LogP contribution in [0.5, 0.6) is 11.5 Å². The topological polar surface area (TPSA) is 19.0 Å². The first kappa shape index (κ1) is 25.3. The van der Waals surface area contributed by atoms with Crippen LogP contribution in [0.1, 0.15) is 82.1 Å². The maximum absolute atomic E-state index is 6.89. The van der Waals surface area contributed by atoms with Crippen LogP contribution < -0.4 is 14.5 Å². The first-order valence-corrected chi connectivity index (χ1v) is 15.0. The van der Waals surface area contributed by atoms with Gasteiger partial charge in [-0.2, -0.15) is 0 Å². The summed E-state index contributed by atoms with van der Waals surface area (Å²) in [5.41, 5.74) is 7.63. The molecule has 0 unspecified atom stereocenters. The highest BCUT2D eigenvalue weighted by Crippen LogP contribution is 2.59. The van der Waals surface area contributed by atoms with E-state index >= 15 is 0 Å². The number of hydrogen-bond acceptors (Lipinski definition) is 4. The molecule has 0 amide bonds. The van der Waals surface area contributed by atoms with E-state index in [1.165, 1.54) is 65.7 Å². The monoisotopic (exact) mass is 509 g/mol. The Morgan fingerprint density at radius 1 is 0.711 bits per heavy atom. The van der Waals surface area contributed by atoms with Crippen LogP contribution in [0.2, 0.25) is 0 Å². The standard InChI is InChI=1S/C34H43N3O/c1-5-35(6-2)27-18-20-30-32(22-27)38-33-23-28(36(7-3)8-4)19-21-31(33)34(30)29-17-13-12-14-25(29)24-37(34)26-15-10-9-11-16-26/h12-14,17-23,26H,5-11,15-16,24H2,1-4H3. The van der Waals surface area contributed by atoms with Gasteiger partial charge in [0.2, 0.25) is 0 Å². The van der Waals surface area contributed by atoms with Crippen molar-refractivity contribution in [1.29, 1.82) is 0 Å². The summed E-state index contributed by atoms with van der Waals surface area (Å²) in [7, 11) is 0. The molecule has 0 radical (unpaired) electrons. The molecule has 3 aromatic carbocycles. The van der Waals surface area contributed by atoms with Crippen molar-refractivity contribution in [1.82, 2.24) is 4.90 Å². The lowest BCUT2D eigenvalue weighted by Crippen LogP contribution is -2.50. The minimum atomic E-state index is -0.328. The zero-order chi connectivity index (χ0) is 26.3. The van der Waals surface area contributed by atoms with Crippen LogP contribution in [0, 0.1) is 0 Å². The Morgan fingerprint density at radius 2 is 1.26 bits per heavy atom. The second-order valence-corrected chi connectivity index (χ2v) is 11.1. The van der Waals surface area contributed by atoms with Gasteiger partial charge in [0.1, 0.15) is 17.0 Å². The smallest absolute Gasteiger partial charge is 0.135 e. The van der Waals surface area contributed by atoms with E-state index in [-0.39, 0.29) is 5.54 Å². The quantitative estimate of drug-likeness (QED) is 0.322. The molecule has 3 aromatic rings. The van der Waals surface area contributed by atoms with Gasteiger partial charge in [0, 0.05) is 73.4 Å². The number of nitrogens with zero attached hydrogens (tertiary/aromatic N) is 3. The maximum Gasteiger partial charge on any atom is 0.135 e. The molecule has 0 aromatic heterocycles. The van der Waals surface area contributed by atoms with Crippen LogP contribution in [0.15, 0.2) is 60.7 Å². The molecular formula is C34H43N3O. The van der Waals surface area contributed by atoms with E-state index in [2.05, 4.69) is 103 Å². The number of ether oxygens (including phenoxy) is 1. The molecule has 1 saturated carbocycles. The van der Waals surface area contributed by atoms with Gasteiger partial charge in [-0.05, 0) is 63.8 Å². The Balaban J connectivity index is 1.62. The van der Waals surface area contributed by atoms with Gasteiger partial charge < -0.3 is 14.5 Å². The van der Waals surface area contributed by atoms with Gasteiger partial charge in [-0.25, -0.2) is 0 Å². The summed E-state index contributed by atoms with van der Waals surface area (Å²) in [6.07, 6.45) is 6.56. The molecule has 4 nitrogen and oxygen atoms in total. The Morgan fingerprint density at radius 3 is 1.82 bits per heavy atom. The van der Waals surface area contributed by atoms with Crippen LogP contribution in [0.4, 0.5) is 11.4 Å². The van der Waals surface area contributed by atoms with Crippen molar-refractivity contribution in [2.24, 2.45) is 0 Å². The lowest BCUT2D eigenvalue weighted by molar-refractivity contribution is 0.0788. The van der Waals surface area contributed by atoms with Crippen molar-refractivity contribution in [2.45, 2.75) is 77.9 Å². The fourth-order valence-corrected chi connectivity index (χ4v) is 7.49. The highest BCUT2D eigenvalue weighted by Gasteiger charge is 2.54. The van der Waals surface area contributed by atoms with Crippen LogP contribution in [-0.2, 0) is 12.1 Å². The lowest BCUT2D eigenvalue weighted by atomic mass is 9.73. The molecule has 4 heteroatoms. The second-order valence-electron chi connectivity index (χ2n) is 11.1. The van der Waals surface area contributed by atoms with Gasteiger partial charge in [0.05, 0.1) is 0 Å². The average molecular weight is 510 g/mol. The molecule has 0 N–H and O–H groups in total. The van der Waals surface area contributed by atoms with Gasteiger partial charge in [-0.15, -0.1) is 0 Å². The zero-order valence-electron chi connectivity index (χ0n) is 23.7. The highest BCUT2D eigenvalue weighted by atomic mass is 16.5. The molecule has 0 bridgehead atoms. The number of benzene rings is 3. The number of hydrogen-bond donors (Lipinski definition) is 0. The van der Waals surface area contributed by atoms with Gasteiger partial charge in [-0.1, -0.05) is 55.7 Å².